The Hall–Kier alpha value is -1.26. The largest absolute Gasteiger partial charge is 0.399 e. The van der Waals surface area contributed by atoms with E-state index in [0.717, 1.165) is 37.6 Å². The molecule has 0 aliphatic carbocycles. The average Bonchev–Trinajstić information content (AvgIpc) is 2.30. The Morgan fingerprint density at radius 3 is 2.67 bits per heavy atom. The van der Waals surface area contributed by atoms with Gasteiger partial charge in [0.1, 0.15) is 0 Å². The Kier molecular flexibility index (Phi) is 3.08. The van der Waals surface area contributed by atoms with E-state index in [-0.39, 0.29) is 0 Å². The molecule has 2 rings (SSSR count). The molecule has 4 nitrogen and oxygen atoms in total. The highest BCUT2D eigenvalue weighted by Crippen LogP contribution is 2.23. The minimum Gasteiger partial charge on any atom is -0.399 e. The van der Waals surface area contributed by atoms with Crippen LogP contribution in [0.15, 0.2) is 18.2 Å². The molecule has 0 saturated carbocycles. The normalized spacial score (nSPS) is 16.7. The van der Waals surface area contributed by atoms with Crippen molar-refractivity contribution in [3.05, 3.63) is 23.8 Å². The summed E-state index contributed by atoms with van der Waals surface area (Å²) in [6.45, 7) is 3.95. The van der Waals surface area contributed by atoms with E-state index in [1.165, 1.54) is 5.69 Å². The molecular weight excluding hydrogens is 190 g/mol. The predicted molar refractivity (Wildman–Crippen MR) is 61.8 cm³/mol. The second-order valence-electron chi connectivity index (χ2n) is 3.69. The molecule has 1 aromatic carbocycles. The summed E-state index contributed by atoms with van der Waals surface area (Å²) < 4.78 is 5.32. The van der Waals surface area contributed by atoms with E-state index in [1.54, 1.807) is 0 Å². The number of benzene rings is 1. The maximum atomic E-state index is 5.73. The topological polar surface area (TPSA) is 64.5 Å². The van der Waals surface area contributed by atoms with Crippen molar-refractivity contribution in [2.24, 2.45) is 5.73 Å². The first-order valence-corrected chi connectivity index (χ1v) is 5.22. The zero-order chi connectivity index (χ0) is 10.7. The Morgan fingerprint density at radius 1 is 1.27 bits per heavy atom. The monoisotopic (exact) mass is 207 g/mol. The van der Waals surface area contributed by atoms with Gasteiger partial charge in [0.25, 0.3) is 0 Å². The predicted octanol–water partition coefficient (Wildman–Crippen LogP) is 0.564. The molecule has 0 aromatic heterocycles. The molecule has 4 N–H and O–H groups in total. The molecule has 1 saturated heterocycles. The highest BCUT2D eigenvalue weighted by atomic mass is 16.5. The van der Waals surface area contributed by atoms with Crippen molar-refractivity contribution in [2.75, 3.05) is 36.9 Å². The van der Waals surface area contributed by atoms with Gasteiger partial charge in [-0.3, -0.25) is 0 Å². The second kappa shape index (κ2) is 4.51. The third-order valence-electron chi connectivity index (χ3n) is 2.68. The van der Waals surface area contributed by atoms with Crippen molar-refractivity contribution in [3.63, 3.8) is 0 Å². The molecule has 1 aliphatic rings. The van der Waals surface area contributed by atoms with Crippen molar-refractivity contribution in [2.45, 2.75) is 6.54 Å². The van der Waals surface area contributed by atoms with Crippen molar-refractivity contribution in [1.82, 2.24) is 0 Å². The first-order valence-electron chi connectivity index (χ1n) is 5.22. The van der Waals surface area contributed by atoms with Crippen LogP contribution in [0.4, 0.5) is 11.4 Å². The number of hydrogen-bond acceptors (Lipinski definition) is 4. The van der Waals surface area contributed by atoms with Crippen LogP contribution in [0.2, 0.25) is 0 Å². The van der Waals surface area contributed by atoms with Gasteiger partial charge in [0.2, 0.25) is 0 Å². The van der Waals surface area contributed by atoms with E-state index < -0.39 is 0 Å². The minimum atomic E-state index is 0.526. The van der Waals surface area contributed by atoms with Crippen LogP contribution in [0.3, 0.4) is 0 Å². The van der Waals surface area contributed by atoms with Crippen LogP contribution < -0.4 is 16.4 Å². The molecule has 1 heterocycles. The Morgan fingerprint density at radius 2 is 2.00 bits per heavy atom. The van der Waals surface area contributed by atoms with Gasteiger partial charge in [0.15, 0.2) is 0 Å². The Balaban J connectivity index is 2.25. The quantitative estimate of drug-likeness (QED) is 0.696. The fraction of sp³-hybridized carbons (Fsp3) is 0.455. The summed E-state index contributed by atoms with van der Waals surface area (Å²) >= 11 is 0. The van der Waals surface area contributed by atoms with Gasteiger partial charge >= 0.3 is 0 Å². The zero-order valence-corrected chi connectivity index (χ0v) is 8.78. The number of nitrogens with zero attached hydrogens (tertiary/aromatic N) is 1. The lowest BCUT2D eigenvalue weighted by molar-refractivity contribution is 0.122. The van der Waals surface area contributed by atoms with E-state index in [4.69, 9.17) is 16.2 Å². The summed E-state index contributed by atoms with van der Waals surface area (Å²) in [6.07, 6.45) is 0. The van der Waals surface area contributed by atoms with Crippen molar-refractivity contribution < 1.29 is 4.74 Å². The number of ether oxygens (including phenoxy) is 1. The highest BCUT2D eigenvalue weighted by Gasteiger charge is 2.13. The fourth-order valence-electron chi connectivity index (χ4n) is 1.88. The van der Waals surface area contributed by atoms with Crippen LogP contribution in [-0.2, 0) is 11.3 Å². The molecule has 15 heavy (non-hydrogen) atoms. The van der Waals surface area contributed by atoms with Crippen LogP contribution in [-0.4, -0.2) is 26.3 Å². The van der Waals surface area contributed by atoms with E-state index in [0.29, 0.717) is 6.54 Å². The molecular formula is C11H17N3O. The van der Waals surface area contributed by atoms with Gasteiger partial charge < -0.3 is 21.1 Å². The van der Waals surface area contributed by atoms with E-state index in [2.05, 4.69) is 4.90 Å². The molecule has 1 aliphatic heterocycles. The SMILES string of the molecule is NCc1cc(N)ccc1N1CCOCC1. The number of hydrogen-bond donors (Lipinski definition) is 2. The zero-order valence-electron chi connectivity index (χ0n) is 8.78. The van der Waals surface area contributed by atoms with Crippen LogP contribution in [0.1, 0.15) is 5.56 Å². The molecule has 0 spiro atoms. The molecule has 0 radical (unpaired) electrons. The molecule has 1 fully saturated rings. The third-order valence-corrected chi connectivity index (χ3v) is 2.68. The maximum absolute atomic E-state index is 5.73. The molecule has 0 atom stereocenters. The van der Waals surface area contributed by atoms with Gasteiger partial charge in [-0.05, 0) is 23.8 Å². The van der Waals surface area contributed by atoms with Gasteiger partial charge in [-0.15, -0.1) is 0 Å². The lowest BCUT2D eigenvalue weighted by Crippen LogP contribution is -2.37. The maximum Gasteiger partial charge on any atom is 0.0642 e. The lowest BCUT2D eigenvalue weighted by Gasteiger charge is -2.30. The number of anilines is 2. The third kappa shape index (κ3) is 2.22. The highest BCUT2D eigenvalue weighted by molar-refractivity contribution is 5.59. The average molecular weight is 207 g/mol. The summed E-state index contributed by atoms with van der Waals surface area (Å²) in [6, 6.07) is 5.91. The number of nitrogen functional groups attached to an aromatic ring is 1. The Bertz CT molecular complexity index is 335. The van der Waals surface area contributed by atoms with Crippen LogP contribution in [0.5, 0.6) is 0 Å². The number of nitrogens with two attached hydrogens (primary N) is 2. The van der Waals surface area contributed by atoms with Gasteiger partial charge in [-0.25, -0.2) is 0 Å². The van der Waals surface area contributed by atoms with Crippen molar-refractivity contribution >= 4 is 11.4 Å². The molecule has 0 unspecified atom stereocenters. The first-order chi connectivity index (χ1) is 7.31. The van der Waals surface area contributed by atoms with Crippen LogP contribution in [0.25, 0.3) is 0 Å². The van der Waals surface area contributed by atoms with E-state index in [1.807, 2.05) is 18.2 Å². The summed E-state index contributed by atoms with van der Waals surface area (Å²) in [5.74, 6) is 0. The van der Waals surface area contributed by atoms with Crippen molar-refractivity contribution in [3.8, 4) is 0 Å². The summed E-state index contributed by atoms with van der Waals surface area (Å²) in [7, 11) is 0. The van der Waals surface area contributed by atoms with Gasteiger partial charge in [0, 0.05) is 31.0 Å². The van der Waals surface area contributed by atoms with Gasteiger partial charge in [-0.2, -0.15) is 0 Å². The van der Waals surface area contributed by atoms with E-state index >= 15 is 0 Å². The molecule has 4 heteroatoms. The summed E-state index contributed by atoms with van der Waals surface area (Å²) in [5, 5.41) is 0. The van der Waals surface area contributed by atoms with Crippen molar-refractivity contribution in [1.29, 1.82) is 0 Å². The summed E-state index contributed by atoms with van der Waals surface area (Å²) in [5.41, 5.74) is 14.5. The van der Waals surface area contributed by atoms with Crippen LogP contribution in [0, 0.1) is 0 Å². The number of rotatable bonds is 2. The van der Waals surface area contributed by atoms with E-state index in [9.17, 15) is 0 Å². The fourth-order valence-corrected chi connectivity index (χ4v) is 1.88. The minimum absolute atomic E-state index is 0.526. The second-order valence-corrected chi connectivity index (χ2v) is 3.69. The molecule has 82 valence electrons. The van der Waals surface area contributed by atoms with Gasteiger partial charge in [-0.1, -0.05) is 0 Å². The first kappa shape index (κ1) is 10.3. The smallest absolute Gasteiger partial charge is 0.0642 e. The van der Waals surface area contributed by atoms with Crippen LogP contribution >= 0.6 is 0 Å². The number of morpholine rings is 1. The molecule has 0 amide bonds. The Labute approximate surface area is 89.8 Å². The lowest BCUT2D eigenvalue weighted by atomic mass is 10.1. The standard InChI is InChI=1S/C11H17N3O/c12-8-9-7-10(13)1-2-11(9)14-3-5-15-6-4-14/h1-2,7H,3-6,8,12-13H2. The summed E-state index contributed by atoms with van der Waals surface area (Å²) in [4.78, 5) is 2.30. The van der Waals surface area contributed by atoms with Gasteiger partial charge in [0.05, 0.1) is 13.2 Å². The molecule has 1 aromatic rings. The molecule has 0 bridgehead atoms.